The third kappa shape index (κ3) is 19.9. The van der Waals surface area contributed by atoms with Gasteiger partial charge < -0.3 is 22.0 Å². The van der Waals surface area contributed by atoms with Crippen molar-refractivity contribution in [2.24, 2.45) is 0 Å². The van der Waals surface area contributed by atoms with Crippen LogP contribution in [0.15, 0.2) is 0 Å². The Morgan fingerprint density at radius 3 is 0.966 bits per heavy atom. The van der Waals surface area contributed by atoms with E-state index in [9.17, 15) is 5.11 Å². The lowest BCUT2D eigenvalue weighted by molar-refractivity contribution is -0.929. The quantitative estimate of drug-likeness (QED) is 0.180. The summed E-state index contributed by atoms with van der Waals surface area (Å²) in [6, 6.07) is 0. The van der Waals surface area contributed by atoms with Gasteiger partial charge in [-0.3, -0.25) is 0 Å². The van der Waals surface area contributed by atoms with E-state index in [4.69, 9.17) is 0 Å². The molecule has 3 heteroatoms. The molecule has 0 heterocycles. The Bertz CT molecular complexity index is 258. The van der Waals surface area contributed by atoms with Crippen LogP contribution in [0.25, 0.3) is 0 Å². The molecule has 0 aromatic heterocycles. The summed E-state index contributed by atoms with van der Waals surface area (Å²) in [5.74, 6) is 0. The first kappa shape index (κ1) is 31.4. The van der Waals surface area contributed by atoms with Crippen LogP contribution in [0.4, 0.5) is 0 Å². The average molecular weight is 434 g/mol. The average Bonchev–Trinajstić information content (AvgIpc) is 2.70. The molecule has 2 nitrogen and oxygen atoms in total. The summed E-state index contributed by atoms with van der Waals surface area (Å²) in [5.41, 5.74) is 0. The van der Waals surface area contributed by atoms with Crippen LogP contribution < -0.4 is 12.4 Å². The first-order valence-corrected chi connectivity index (χ1v) is 13.2. The van der Waals surface area contributed by atoms with Crippen LogP contribution in [0.5, 0.6) is 0 Å². The molecule has 1 N–H and O–H groups in total. The Morgan fingerprint density at radius 2 is 0.690 bits per heavy atom. The summed E-state index contributed by atoms with van der Waals surface area (Å²) < 4.78 is 1.20. The molecule has 0 aromatic carbocycles. The lowest BCUT2D eigenvalue weighted by Crippen LogP contribution is -3.00. The van der Waals surface area contributed by atoms with E-state index >= 15 is 0 Å². The monoisotopic (exact) mass is 433 g/mol. The van der Waals surface area contributed by atoms with E-state index in [0.717, 1.165) is 6.54 Å². The van der Waals surface area contributed by atoms with Crippen molar-refractivity contribution in [3.63, 3.8) is 0 Å². The highest BCUT2D eigenvalue weighted by Gasteiger charge is 2.25. The zero-order valence-corrected chi connectivity index (χ0v) is 21.3. The van der Waals surface area contributed by atoms with Gasteiger partial charge in [-0.25, -0.2) is 0 Å². The largest absolute Gasteiger partial charge is 1.00 e. The van der Waals surface area contributed by atoms with Crippen LogP contribution in [0.3, 0.4) is 0 Å². The Labute approximate surface area is 191 Å². The number of quaternary nitrogens is 1. The van der Waals surface area contributed by atoms with Gasteiger partial charge in [-0.15, -0.1) is 0 Å². The van der Waals surface area contributed by atoms with E-state index < -0.39 is 0 Å². The Kier molecular flexibility index (Phi) is 26.5. The molecule has 0 spiro atoms. The van der Waals surface area contributed by atoms with Gasteiger partial charge in [0.2, 0.25) is 0 Å². The first-order chi connectivity index (χ1) is 13.7. The topological polar surface area (TPSA) is 20.2 Å². The van der Waals surface area contributed by atoms with Gasteiger partial charge >= 0.3 is 0 Å². The molecule has 0 fully saturated rings. The molecule has 0 aliphatic carbocycles. The molecular formula is C26H56ClNO. The minimum atomic E-state index is 0. The third-order valence-corrected chi connectivity index (χ3v) is 6.53. The maximum absolute atomic E-state index is 9.80. The normalized spacial score (nSPS) is 11.6. The molecule has 0 bridgehead atoms. The van der Waals surface area contributed by atoms with Crippen molar-refractivity contribution < 1.29 is 22.0 Å². The fourth-order valence-electron chi connectivity index (χ4n) is 4.57. The van der Waals surface area contributed by atoms with Gasteiger partial charge in [0, 0.05) is 0 Å². The molecule has 0 aromatic rings. The predicted octanol–water partition coefficient (Wildman–Crippen LogP) is 4.88. The van der Waals surface area contributed by atoms with Gasteiger partial charge in [0.15, 0.2) is 0 Å². The molecule has 0 atom stereocenters. The highest BCUT2D eigenvalue weighted by Crippen LogP contribution is 2.18. The molecule has 0 aliphatic heterocycles. The van der Waals surface area contributed by atoms with Gasteiger partial charge in [-0.1, -0.05) is 97.8 Å². The second kappa shape index (κ2) is 24.5. The highest BCUT2D eigenvalue weighted by molar-refractivity contribution is 4.53. The zero-order chi connectivity index (χ0) is 20.8. The fourth-order valence-corrected chi connectivity index (χ4v) is 4.57. The number of aliphatic hydroxyl groups excluding tert-OH is 1. The number of unbranched alkanes of at least 4 members (excludes halogenated alkanes) is 15. The maximum Gasteiger partial charge on any atom is 0.102 e. The maximum atomic E-state index is 9.80. The molecular weight excluding hydrogens is 378 g/mol. The van der Waals surface area contributed by atoms with Gasteiger partial charge in [0.05, 0.1) is 26.2 Å². The predicted molar refractivity (Wildman–Crippen MR) is 127 cm³/mol. The van der Waals surface area contributed by atoms with E-state index in [1.165, 1.54) is 140 Å². The van der Waals surface area contributed by atoms with Crippen LogP contribution >= 0.6 is 0 Å². The van der Waals surface area contributed by atoms with Gasteiger partial charge in [-0.05, 0) is 38.5 Å². The molecule has 0 radical (unpaired) electrons. The van der Waals surface area contributed by atoms with Crippen LogP contribution in [-0.2, 0) is 0 Å². The molecule has 0 saturated carbocycles. The number of rotatable bonds is 23. The Morgan fingerprint density at radius 1 is 0.414 bits per heavy atom. The van der Waals surface area contributed by atoms with Gasteiger partial charge in [0.25, 0.3) is 0 Å². The fraction of sp³-hybridized carbons (Fsp3) is 1.00. The highest BCUT2D eigenvalue weighted by atomic mass is 35.5. The lowest BCUT2D eigenvalue weighted by Gasteiger charge is -2.39. The van der Waals surface area contributed by atoms with Crippen molar-refractivity contribution in [1.82, 2.24) is 0 Å². The van der Waals surface area contributed by atoms with Crippen LogP contribution in [0, 0.1) is 0 Å². The summed E-state index contributed by atoms with van der Waals surface area (Å²) in [5, 5.41) is 9.80. The zero-order valence-electron chi connectivity index (χ0n) is 20.5. The molecule has 0 rings (SSSR count). The second-order valence-electron chi connectivity index (χ2n) is 9.26. The number of nitrogens with zero attached hydrogens (tertiary/aromatic N) is 1. The van der Waals surface area contributed by atoms with Crippen molar-refractivity contribution in [3.8, 4) is 0 Å². The number of hydrogen-bond acceptors (Lipinski definition) is 1. The molecule has 0 saturated heterocycles. The van der Waals surface area contributed by atoms with E-state index in [-0.39, 0.29) is 12.4 Å². The first-order valence-electron chi connectivity index (χ1n) is 13.2. The van der Waals surface area contributed by atoms with E-state index in [0.29, 0.717) is 6.61 Å². The molecule has 29 heavy (non-hydrogen) atoms. The molecule has 178 valence electrons. The summed E-state index contributed by atoms with van der Waals surface area (Å²) in [4.78, 5) is 0. The van der Waals surface area contributed by atoms with Crippen LogP contribution in [-0.4, -0.2) is 42.4 Å². The third-order valence-electron chi connectivity index (χ3n) is 6.53. The molecule has 0 unspecified atom stereocenters. The van der Waals surface area contributed by atoms with Crippen molar-refractivity contribution >= 4 is 0 Å². The van der Waals surface area contributed by atoms with Crippen molar-refractivity contribution in [2.75, 3.05) is 32.8 Å². The Hall–Kier alpha value is 0.210. The molecule has 0 aliphatic rings. The second-order valence-corrected chi connectivity index (χ2v) is 9.26. The summed E-state index contributed by atoms with van der Waals surface area (Å²) in [6.07, 6.45) is 24.9. The summed E-state index contributed by atoms with van der Waals surface area (Å²) in [7, 11) is 0. The van der Waals surface area contributed by atoms with Crippen molar-refractivity contribution in [3.05, 3.63) is 0 Å². The van der Waals surface area contributed by atoms with Crippen molar-refractivity contribution in [1.29, 1.82) is 0 Å². The minimum absolute atomic E-state index is 0. The summed E-state index contributed by atoms with van der Waals surface area (Å²) in [6.45, 7) is 12.1. The van der Waals surface area contributed by atoms with E-state index in [1.54, 1.807) is 0 Å². The number of halogens is 1. The van der Waals surface area contributed by atoms with E-state index in [2.05, 4.69) is 20.8 Å². The minimum Gasteiger partial charge on any atom is -1.00 e. The van der Waals surface area contributed by atoms with Gasteiger partial charge in [0.1, 0.15) is 6.54 Å². The number of hydrogen-bond donors (Lipinski definition) is 1. The van der Waals surface area contributed by atoms with Gasteiger partial charge in [-0.2, -0.15) is 0 Å². The van der Waals surface area contributed by atoms with Crippen LogP contribution in [0.1, 0.15) is 136 Å². The van der Waals surface area contributed by atoms with Crippen molar-refractivity contribution in [2.45, 2.75) is 136 Å². The smallest absolute Gasteiger partial charge is 0.102 e. The molecule has 0 amide bonds. The lowest BCUT2D eigenvalue weighted by atomic mass is 10.1. The Balaban J connectivity index is 0. The number of aliphatic hydroxyl groups is 1. The SMILES string of the molecule is CCCCCCCC[N+](CCO)(CCCCCCCC)CCCCCCCC.[Cl-]. The summed E-state index contributed by atoms with van der Waals surface area (Å²) >= 11 is 0. The van der Waals surface area contributed by atoms with Crippen LogP contribution in [0.2, 0.25) is 0 Å². The van der Waals surface area contributed by atoms with E-state index in [1.807, 2.05) is 0 Å². The standard InChI is InChI=1S/C26H56NO.ClH/c1-4-7-10-13-16-19-22-27(25-26-28,23-20-17-14-11-8-5-2)24-21-18-15-12-9-6-3;/h28H,4-26H2,1-3H3;1H/q+1;/p-1.